The van der Waals surface area contributed by atoms with Gasteiger partial charge in [-0.05, 0) is 37.5 Å². The molecule has 2 rings (SSSR count). The second-order valence-corrected chi connectivity index (χ2v) is 5.06. The Labute approximate surface area is 92.5 Å². The molecule has 1 atom stereocenters. The fourth-order valence-corrected chi connectivity index (χ4v) is 2.16. The van der Waals surface area contributed by atoms with Crippen molar-refractivity contribution in [3.05, 3.63) is 28.2 Å². The van der Waals surface area contributed by atoms with E-state index in [1.54, 1.807) is 0 Å². The van der Waals surface area contributed by atoms with Crippen molar-refractivity contribution in [2.45, 2.75) is 25.3 Å². The van der Waals surface area contributed by atoms with Crippen LogP contribution >= 0.6 is 15.9 Å². The molecule has 1 heterocycles. The fraction of sp³-hybridized carbons (Fsp3) is 0.455. The maximum atomic E-state index is 9.27. The van der Waals surface area contributed by atoms with Crippen LogP contribution in [0.25, 0.3) is 0 Å². The van der Waals surface area contributed by atoms with Gasteiger partial charge in [-0.2, -0.15) is 0 Å². The van der Waals surface area contributed by atoms with Gasteiger partial charge in [0.1, 0.15) is 0 Å². The maximum absolute atomic E-state index is 9.27. The molecule has 0 spiro atoms. The third-order valence-electron chi connectivity index (χ3n) is 2.80. The minimum Gasteiger partial charge on any atom is -0.394 e. The van der Waals surface area contributed by atoms with Crippen molar-refractivity contribution < 1.29 is 5.11 Å². The van der Waals surface area contributed by atoms with Gasteiger partial charge in [-0.25, -0.2) is 0 Å². The van der Waals surface area contributed by atoms with Crippen molar-refractivity contribution in [1.82, 2.24) is 0 Å². The molecular formula is C11H14BrNO. The van der Waals surface area contributed by atoms with Crippen molar-refractivity contribution in [2.24, 2.45) is 0 Å². The van der Waals surface area contributed by atoms with E-state index >= 15 is 0 Å². The first-order valence-electron chi connectivity index (χ1n) is 4.80. The molecule has 1 aromatic carbocycles. The number of halogens is 1. The van der Waals surface area contributed by atoms with E-state index < -0.39 is 0 Å². The molecule has 3 heteroatoms. The van der Waals surface area contributed by atoms with E-state index in [4.69, 9.17) is 0 Å². The Hall–Kier alpha value is -0.540. The standard InChI is InChI=1S/C11H14BrNO/c1-11(7-14)5-4-8-2-3-9(12)6-10(8)13-11/h2-3,6,13-14H,4-5,7H2,1H3. The smallest absolute Gasteiger partial charge is 0.0658 e. The molecule has 1 unspecified atom stereocenters. The van der Waals surface area contributed by atoms with E-state index in [-0.39, 0.29) is 12.1 Å². The Kier molecular flexibility index (Phi) is 2.54. The first-order chi connectivity index (χ1) is 6.63. The largest absolute Gasteiger partial charge is 0.394 e. The summed E-state index contributed by atoms with van der Waals surface area (Å²) >= 11 is 3.45. The molecule has 0 saturated carbocycles. The van der Waals surface area contributed by atoms with E-state index in [0.29, 0.717) is 0 Å². The number of nitrogens with one attached hydrogen (secondary N) is 1. The number of benzene rings is 1. The molecule has 14 heavy (non-hydrogen) atoms. The predicted molar refractivity (Wildman–Crippen MR) is 61.6 cm³/mol. The van der Waals surface area contributed by atoms with E-state index in [2.05, 4.69) is 46.4 Å². The average molecular weight is 256 g/mol. The first-order valence-corrected chi connectivity index (χ1v) is 5.60. The van der Waals surface area contributed by atoms with Crippen LogP contribution in [0.5, 0.6) is 0 Å². The van der Waals surface area contributed by atoms with Gasteiger partial charge in [0.05, 0.1) is 12.1 Å². The summed E-state index contributed by atoms with van der Waals surface area (Å²) in [5, 5.41) is 12.7. The summed E-state index contributed by atoms with van der Waals surface area (Å²) in [5.74, 6) is 0. The number of aryl methyl sites for hydroxylation is 1. The van der Waals surface area contributed by atoms with Gasteiger partial charge in [-0.15, -0.1) is 0 Å². The Morgan fingerprint density at radius 3 is 3.07 bits per heavy atom. The number of aliphatic hydroxyl groups excluding tert-OH is 1. The zero-order valence-electron chi connectivity index (χ0n) is 8.18. The molecule has 0 saturated heterocycles. The molecule has 0 aromatic heterocycles. The molecule has 1 aromatic rings. The van der Waals surface area contributed by atoms with Crippen LogP contribution < -0.4 is 5.32 Å². The molecule has 76 valence electrons. The van der Waals surface area contributed by atoms with Crippen LogP contribution in [-0.4, -0.2) is 17.3 Å². The quantitative estimate of drug-likeness (QED) is 0.809. The zero-order valence-corrected chi connectivity index (χ0v) is 9.76. The van der Waals surface area contributed by atoms with Crippen LogP contribution in [0.2, 0.25) is 0 Å². The summed E-state index contributed by atoms with van der Waals surface area (Å²) in [6, 6.07) is 6.26. The van der Waals surface area contributed by atoms with Crippen LogP contribution in [0.1, 0.15) is 18.9 Å². The molecule has 0 radical (unpaired) electrons. The number of fused-ring (bicyclic) bond motifs is 1. The van der Waals surface area contributed by atoms with E-state index in [0.717, 1.165) is 23.0 Å². The minimum absolute atomic E-state index is 0.159. The predicted octanol–water partition coefficient (Wildman–Crippen LogP) is 2.56. The van der Waals surface area contributed by atoms with Gasteiger partial charge in [0.15, 0.2) is 0 Å². The molecule has 2 nitrogen and oxygen atoms in total. The number of aliphatic hydroxyl groups is 1. The van der Waals surface area contributed by atoms with Crippen molar-refractivity contribution in [2.75, 3.05) is 11.9 Å². The lowest BCUT2D eigenvalue weighted by Crippen LogP contribution is -2.42. The summed E-state index contributed by atoms with van der Waals surface area (Å²) in [6.45, 7) is 2.23. The Morgan fingerprint density at radius 2 is 2.36 bits per heavy atom. The minimum atomic E-state index is -0.159. The van der Waals surface area contributed by atoms with Crippen molar-refractivity contribution in [3.63, 3.8) is 0 Å². The molecule has 1 aliphatic rings. The SMILES string of the molecule is CC1(CO)CCc2ccc(Br)cc2N1. The van der Waals surface area contributed by atoms with Gasteiger partial charge < -0.3 is 10.4 Å². The Bertz CT molecular complexity index is 353. The number of rotatable bonds is 1. The van der Waals surface area contributed by atoms with Crippen LogP contribution in [0, 0.1) is 0 Å². The third kappa shape index (κ3) is 1.79. The van der Waals surface area contributed by atoms with Crippen LogP contribution in [0.4, 0.5) is 5.69 Å². The van der Waals surface area contributed by atoms with Crippen LogP contribution in [0.3, 0.4) is 0 Å². The van der Waals surface area contributed by atoms with Gasteiger partial charge in [0.25, 0.3) is 0 Å². The van der Waals surface area contributed by atoms with Gasteiger partial charge in [-0.3, -0.25) is 0 Å². The molecule has 0 fully saturated rings. The van der Waals surface area contributed by atoms with Crippen molar-refractivity contribution in [1.29, 1.82) is 0 Å². The van der Waals surface area contributed by atoms with Gasteiger partial charge in [-0.1, -0.05) is 22.0 Å². The molecule has 0 bridgehead atoms. The van der Waals surface area contributed by atoms with Crippen molar-refractivity contribution >= 4 is 21.6 Å². The average Bonchev–Trinajstić information content (AvgIpc) is 2.17. The van der Waals surface area contributed by atoms with E-state index in [9.17, 15) is 5.11 Å². The summed E-state index contributed by atoms with van der Waals surface area (Å²) in [5.41, 5.74) is 2.31. The van der Waals surface area contributed by atoms with Gasteiger partial charge >= 0.3 is 0 Å². The highest BCUT2D eigenvalue weighted by Crippen LogP contribution is 2.32. The monoisotopic (exact) mass is 255 g/mol. The highest BCUT2D eigenvalue weighted by atomic mass is 79.9. The Morgan fingerprint density at radius 1 is 1.57 bits per heavy atom. The number of hydrogen-bond donors (Lipinski definition) is 2. The molecular weight excluding hydrogens is 242 g/mol. The maximum Gasteiger partial charge on any atom is 0.0658 e. The summed E-state index contributed by atoms with van der Waals surface area (Å²) in [6.07, 6.45) is 2.02. The van der Waals surface area contributed by atoms with E-state index in [1.165, 1.54) is 5.56 Å². The highest BCUT2D eigenvalue weighted by Gasteiger charge is 2.27. The Balaban J connectivity index is 2.33. The van der Waals surface area contributed by atoms with E-state index in [1.807, 2.05) is 0 Å². The van der Waals surface area contributed by atoms with Crippen LogP contribution in [-0.2, 0) is 6.42 Å². The summed E-state index contributed by atoms with van der Waals surface area (Å²) < 4.78 is 1.07. The molecule has 0 amide bonds. The summed E-state index contributed by atoms with van der Waals surface area (Å²) in [7, 11) is 0. The lowest BCUT2D eigenvalue weighted by Gasteiger charge is -2.35. The normalized spacial score (nSPS) is 25.4. The second kappa shape index (κ2) is 3.55. The topological polar surface area (TPSA) is 32.3 Å². The lowest BCUT2D eigenvalue weighted by molar-refractivity contribution is 0.212. The molecule has 2 N–H and O–H groups in total. The number of hydrogen-bond acceptors (Lipinski definition) is 2. The zero-order chi connectivity index (χ0) is 10.2. The molecule has 1 aliphatic heterocycles. The van der Waals surface area contributed by atoms with Gasteiger partial charge in [0.2, 0.25) is 0 Å². The summed E-state index contributed by atoms with van der Waals surface area (Å²) in [4.78, 5) is 0. The first kappa shape index (κ1) is 9.99. The van der Waals surface area contributed by atoms with Crippen molar-refractivity contribution in [3.8, 4) is 0 Å². The highest BCUT2D eigenvalue weighted by molar-refractivity contribution is 9.10. The third-order valence-corrected chi connectivity index (χ3v) is 3.30. The van der Waals surface area contributed by atoms with Crippen LogP contribution in [0.15, 0.2) is 22.7 Å². The second-order valence-electron chi connectivity index (χ2n) is 4.15. The lowest BCUT2D eigenvalue weighted by atomic mass is 9.88. The number of anilines is 1. The fourth-order valence-electron chi connectivity index (χ4n) is 1.80. The van der Waals surface area contributed by atoms with Gasteiger partial charge in [0, 0.05) is 10.2 Å². The molecule has 0 aliphatic carbocycles.